The van der Waals surface area contributed by atoms with Crippen LogP contribution >= 0.6 is 0 Å². The van der Waals surface area contributed by atoms with Gasteiger partial charge in [0.15, 0.2) is 0 Å². The van der Waals surface area contributed by atoms with Crippen LogP contribution < -0.4 is 10.1 Å². The van der Waals surface area contributed by atoms with Crippen molar-refractivity contribution in [2.24, 2.45) is 5.92 Å². The van der Waals surface area contributed by atoms with E-state index in [0.29, 0.717) is 13.2 Å². The maximum absolute atomic E-state index is 12.0. The fourth-order valence-electron chi connectivity index (χ4n) is 1.94. The molecule has 23 heavy (non-hydrogen) atoms. The summed E-state index contributed by atoms with van der Waals surface area (Å²) < 4.78 is 10.3. The first-order valence-corrected chi connectivity index (χ1v) is 7.86. The standard InChI is InChI=1S/C18H25NO4/c1-5-22-15-10-7-14(8-11-15)9-12-16(20)19-17(13(3)4)18(21)23-6-2/h7-13,17H,5-6H2,1-4H3,(H,19,20)/b12-9+/t17-/m0/s1. The van der Waals surface area contributed by atoms with E-state index in [-0.39, 0.29) is 11.8 Å². The molecule has 0 saturated carbocycles. The fourth-order valence-corrected chi connectivity index (χ4v) is 1.94. The molecular formula is C18H25NO4. The van der Waals surface area contributed by atoms with Gasteiger partial charge in [-0.15, -0.1) is 0 Å². The molecule has 0 aliphatic rings. The van der Waals surface area contributed by atoms with Gasteiger partial charge in [-0.3, -0.25) is 4.79 Å². The van der Waals surface area contributed by atoms with Gasteiger partial charge in [0, 0.05) is 6.08 Å². The monoisotopic (exact) mass is 319 g/mol. The molecule has 5 heteroatoms. The number of ether oxygens (including phenoxy) is 2. The van der Waals surface area contributed by atoms with Crippen molar-refractivity contribution in [3.05, 3.63) is 35.9 Å². The van der Waals surface area contributed by atoms with E-state index >= 15 is 0 Å². The summed E-state index contributed by atoms with van der Waals surface area (Å²) in [6, 6.07) is 6.76. The van der Waals surface area contributed by atoms with E-state index in [1.54, 1.807) is 13.0 Å². The van der Waals surface area contributed by atoms with Crippen molar-refractivity contribution < 1.29 is 19.1 Å². The zero-order valence-corrected chi connectivity index (χ0v) is 14.2. The van der Waals surface area contributed by atoms with E-state index in [1.165, 1.54) is 6.08 Å². The number of rotatable bonds is 8. The molecule has 0 aliphatic carbocycles. The van der Waals surface area contributed by atoms with E-state index in [4.69, 9.17) is 9.47 Å². The lowest BCUT2D eigenvalue weighted by atomic mass is 10.0. The van der Waals surface area contributed by atoms with Crippen LogP contribution in [0.4, 0.5) is 0 Å². The Labute approximate surface area is 137 Å². The van der Waals surface area contributed by atoms with Crippen molar-refractivity contribution in [3.8, 4) is 5.75 Å². The number of carbonyl (C=O) groups is 2. The maximum Gasteiger partial charge on any atom is 0.328 e. The molecule has 126 valence electrons. The SMILES string of the molecule is CCOC(=O)[C@@H](NC(=O)/C=C/c1ccc(OCC)cc1)C(C)C. The van der Waals surface area contributed by atoms with Gasteiger partial charge in [0.1, 0.15) is 11.8 Å². The van der Waals surface area contributed by atoms with Gasteiger partial charge in [-0.2, -0.15) is 0 Å². The molecule has 0 saturated heterocycles. The number of nitrogens with one attached hydrogen (secondary N) is 1. The molecule has 1 aromatic rings. The Morgan fingerprint density at radius 2 is 1.78 bits per heavy atom. The summed E-state index contributed by atoms with van der Waals surface area (Å²) in [5.74, 6) is 0.00381. The second-order valence-corrected chi connectivity index (χ2v) is 5.32. The Bertz CT molecular complexity index is 534. The molecule has 0 fully saturated rings. The highest BCUT2D eigenvalue weighted by Crippen LogP contribution is 2.13. The predicted molar refractivity (Wildman–Crippen MR) is 90.0 cm³/mol. The quantitative estimate of drug-likeness (QED) is 0.591. The van der Waals surface area contributed by atoms with Crippen LogP contribution in [-0.2, 0) is 14.3 Å². The molecule has 0 unspecified atom stereocenters. The summed E-state index contributed by atoms with van der Waals surface area (Å²) in [4.78, 5) is 23.8. The van der Waals surface area contributed by atoms with Crippen molar-refractivity contribution >= 4 is 18.0 Å². The minimum absolute atomic E-state index is 0.0446. The van der Waals surface area contributed by atoms with Gasteiger partial charge >= 0.3 is 5.97 Å². The summed E-state index contributed by atoms with van der Waals surface area (Å²) in [5.41, 5.74) is 0.876. The number of benzene rings is 1. The minimum atomic E-state index is -0.646. The summed E-state index contributed by atoms with van der Waals surface area (Å²) >= 11 is 0. The fraction of sp³-hybridized carbons (Fsp3) is 0.444. The lowest BCUT2D eigenvalue weighted by Gasteiger charge is -2.19. The first-order valence-electron chi connectivity index (χ1n) is 7.86. The van der Waals surface area contributed by atoms with Gasteiger partial charge in [-0.05, 0) is 43.5 Å². The van der Waals surface area contributed by atoms with E-state index in [0.717, 1.165) is 11.3 Å². The molecule has 0 bridgehead atoms. The van der Waals surface area contributed by atoms with Crippen LogP contribution in [0.15, 0.2) is 30.3 Å². The third-order valence-electron chi connectivity index (χ3n) is 3.12. The Hall–Kier alpha value is -2.30. The molecule has 0 spiro atoms. The zero-order chi connectivity index (χ0) is 17.2. The molecule has 1 amide bonds. The molecular weight excluding hydrogens is 294 g/mol. The first kappa shape index (κ1) is 18.7. The van der Waals surface area contributed by atoms with Crippen molar-refractivity contribution in [2.75, 3.05) is 13.2 Å². The normalized spacial score (nSPS) is 12.2. The number of amides is 1. The van der Waals surface area contributed by atoms with E-state index in [9.17, 15) is 9.59 Å². The lowest BCUT2D eigenvalue weighted by Crippen LogP contribution is -2.44. The molecule has 0 heterocycles. The summed E-state index contributed by atoms with van der Waals surface area (Å²) in [6.45, 7) is 8.29. The van der Waals surface area contributed by atoms with Gasteiger partial charge in [0.2, 0.25) is 5.91 Å². The van der Waals surface area contributed by atoms with E-state index in [1.807, 2.05) is 45.0 Å². The molecule has 0 aliphatic heterocycles. The van der Waals surface area contributed by atoms with Gasteiger partial charge < -0.3 is 14.8 Å². The molecule has 1 aromatic carbocycles. The van der Waals surface area contributed by atoms with Gasteiger partial charge in [0.05, 0.1) is 13.2 Å². The van der Waals surface area contributed by atoms with Crippen LogP contribution in [0.25, 0.3) is 6.08 Å². The van der Waals surface area contributed by atoms with Gasteiger partial charge in [0.25, 0.3) is 0 Å². The average molecular weight is 319 g/mol. The number of carbonyl (C=O) groups excluding carboxylic acids is 2. The van der Waals surface area contributed by atoms with Crippen molar-refractivity contribution in [1.29, 1.82) is 0 Å². The highest BCUT2D eigenvalue weighted by atomic mass is 16.5. The second-order valence-electron chi connectivity index (χ2n) is 5.32. The zero-order valence-electron chi connectivity index (χ0n) is 14.2. The first-order chi connectivity index (χ1) is 11.0. The Morgan fingerprint density at radius 1 is 1.13 bits per heavy atom. The largest absolute Gasteiger partial charge is 0.494 e. The third kappa shape index (κ3) is 6.55. The van der Waals surface area contributed by atoms with Crippen LogP contribution in [0.2, 0.25) is 0 Å². The predicted octanol–water partition coefficient (Wildman–Crippen LogP) is 2.80. The van der Waals surface area contributed by atoms with Crippen LogP contribution in [0.1, 0.15) is 33.3 Å². The Kier molecular flexibility index (Phi) is 7.88. The molecule has 0 radical (unpaired) electrons. The number of esters is 1. The molecule has 1 atom stereocenters. The third-order valence-corrected chi connectivity index (χ3v) is 3.12. The average Bonchev–Trinajstić information content (AvgIpc) is 2.52. The molecule has 0 aromatic heterocycles. The Morgan fingerprint density at radius 3 is 2.30 bits per heavy atom. The van der Waals surface area contributed by atoms with Gasteiger partial charge in [-0.25, -0.2) is 4.79 Å². The minimum Gasteiger partial charge on any atom is -0.494 e. The molecule has 1 rings (SSSR count). The van der Waals surface area contributed by atoms with Crippen LogP contribution in [0, 0.1) is 5.92 Å². The maximum atomic E-state index is 12.0. The topological polar surface area (TPSA) is 64.6 Å². The number of hydrogen-bond donors (Lipinski definition) is 1. The lowest BCUT2D eigenvalue weighted by molar-refractivity contribution is -0.148. The highest BCUT2D eigenvalue weighted by molar-refractivity contribution is 5.94. The molecule has 1 N–H and O–H groups in total. The number of hydrogen-bond acceptors (Lipinski definition) is 4. The van der Waals surface area contributed by atoms with Crippen LogP contribution in [0.3, 0.4) is 0 Å². The second kappa shape index (κ2) is 9.66. The van der Waals surface area contributed by atoms with E-state index in [2.05, 4.69) is 5.32 Å². The Balaban J connectivity index is 2.64. The van der Waals surface area contributed by atoms with Crippen molar-refractivity contribution in [2.45, 2.75) is 33.7 Å². The van der Waals surface area contributed by atoms with Crippen LogP contribution in [-0.4, -0.2) is 31.1 Å². The smallest absolute Gasteiger partial charge is 0.328 e. The summed E-state index contributed by atoms with van der Waals surface area (Å²) in [5, 5.41) is 2.68. The van der Waals surface area contributed by atoms with Crippen LogP contribution in [0.5, 0.6) is 5.75 Å². The summed E-state index contributed by atoms with van der Waals surface area (Å²) in [6.07, 6.45) is 3.10. The van der Waals surface area contributed by atoms with Crippen molar-refractivity contribution in [3.63, 3.8) is 0 Å². The summed E-state index contributed by atoms with van der Waals surface area (Å²) in [7, 11) is 0. The van der Waals surface area contributed by atoms with Gasteiger partial charge in [-0.1, -0.05) is 26.0 Å². The molecule has 5 nitrogen and oxygen atoms in total. The van der Waals surface area contributed by atoms with Crippen molar-refractivity contribution in [1.82, 2.24) is 5.32 Å². The van der Waals surface area contributed by atoms with E-state index < -0.39 is 12.0 Å². The highest BCUT2D eigenvalue weighted by Gasteiger charge is 2.24.